The van der Waals surface area contributed by atoms with Crippen molar-refractivity contribution in [3.63, 3.8) is 0 Å². The van der Waals surface area contributed by atoms with E-state index in [0.717, 1.165) is 19.2 Å². The van der Waals surface area contributed by atoms with E-state index in [4.69, 9.17) is 0 Å². The predicted octanol–water partition coefficient (Wildman–Crippen LogP) is -0.853. The molecule has 14 heavy (non-hydrogen) atoms. The highest BCUT2D eigenvalue weighted by Gasteiger charge is 2.06. The number of carbonyl (C=O) groups is 1. The molecule has 0 aliphatic carbocycles. The monoisotopic (exact) mass is 222 g/mol. The van der Waals surface area contributed by atoms with Crippen LogP contribution in [0, 0.1) is 0 Å². The molecule has 2 N–H and O–H groups in total. The van der Waals surface area contributed by atoms with Crippen molar-refractivity contribution in [1.82, 2.24) is 10.6 Å². The Hall–Kier alpha value is -0.620. The van der Waals surface area contributed by atoms with Crippen molar-refractivity contribution in [2.75, 3.05) is 32.1 Å². The van der Waals surface area contributed by atoms with Crippen LogP contribution in [0.4, 0.5) is 0 Å². The lowest BCUT2D eigenvalue weighted by Gasteiger charge is -2.03. The lowest BCUT2D eigenvalue weighted by Crippen LogP contribution is -2.28. The van der Waals surface area contributed by atoms with Crippen molar-refractivity contribution in [2.24, 2.45) is 0 Å². The Kier molecular flexibility index (Phi) is 6.48. The van der Waals surface area contributed by atoms with Crippen molar-refractivity contribution in [2.45, 2.75) is 12.8 Å². The molecule has 84 valence electrons. The summed E-state index contributed by atoms with van der Waals surface area (Å²) >= 11 is 0. The highest BCUT2D eigenvalue weighted by atomic mass is 32.2. The first kappa shape index (κ1) is 13.4. The third kappa shape index (κ3) is 9.47. The minimum Gasteiger partial charge on any atom is -0.356 e. The van der Waals surface area contributed by atoms with Crippen molar-refractivity contribution in [3.8, 4) is 0 Å². The second-order valence-electron chi connectivity index (χ2n) is 3.19. The van der Waals surface area contributed by atoms with Crippen LogP contribution in [0.5, 0.6) is 0 Å². The van der Waals surface area contributed by atoms with Crippen LogP contribution < -0.4 is 10.6 Å². The molecule has 0 unspecified atom stereocenters. The molecular formula is C8H18N2O3S. The van der Waals surface area contributed by atoms with Crippen LogP contribution >= 0.6 is 0 Å². The zero-order chi connectivity index (χ0) is 11.0. The summed E-state index contributed by atoms with van der Waals surface area (Å²) in [5.74, 6) is -0.281. The normalized spacial score (nSPS) is 11.3. The van der Waals surface area contributed by atoms with Crippen LogP contribution in [0.3, 0.4) is 0 Å². The third-order valence-corrected chi connectivity index (χ3v) is 2.57. The number of amides is 1. The molecule has 6 heteroatoms. The Morgan fingerprint density at radius 1 is 1.29 bits per heavy atom. The Bertz CT molecular complexity index is 262. The van der Waals surface area contributed by atoms with E-state index >= 15 is 0 Å². The Balaban J connectivity index is 3.47. The molecule has 5 nitrogen and oxygen atoms in total. The zero-order valence-electron chi connectivity index (χ0n) is 8.67. The zero-order valence-corrected chi connectivity index (χ0v) is 9.49. The third-order valence-electron chi connectivity index (χ3n) is 1.63. The largest absolute Gasteiger partial charge is 0.356 e. The second-order valence-corrected chi connectivity index (χ2v) is 5.45. The van der Waals surface area contributed by atoms with E-state index in [1.807, 2.05) is 7.05 Å². The van der Waals surface area contributed by atoms with Gasteiger partial charge in [0.15, 0.2) is 0 Å². The van der Waals surface area contributed by atoms with Gasteiger partial charge in [-0.3, -0.25) is 4.79 Å². The predicted molar refractivity (Wildman–Crippen MR) is 55.9 cm³/mol. The molecule has 0 aromatic heterocycles. The molecule has 0 bridgehead atoms. The summed E-state index contributed by atoms with van der Waals surface area (Å²) in [5, 5.41) is 5.60. The van der Waals surface area contributed by atoms with Gasteiger partial charge in [0.05, 0.1) is 5.75 Å². The maximum Gasteiger partial charge on any atom is 0.221 e. The molecule has 0 radical (unpaired) electrons. The lowest BCUT2D eigenvalue weighted by molar-refractivity contribution is -0.120. The maximum atomic E-state index is 11.1. The van der Waals surface area contributed by atoms with Crippen LogP contribution in [0.25, 0.3) is 0 Å². The highest BCUT2D eigenvalue weighted by molar-refractivity contribution is 7.90. The lowest BCUT2D eigenvalue weighted by atomic mass is 10.4. The fourth-order valence-corrected chi connectivity index (χ4v) is 1.42. The van der Waals surface area contributed by atoms with Gasteiger partial charge in [0.2, 0.25) is 5.91 Å². The molecule has 0 atom stereocenters. The highest BCUT2D eigenvalue weighted by Crippen LogP contribution is 1.88. The average molecular weight is 222 g/mol. The number of nitrogens with one attached hydrogen (secondary N) is 2. The van der Waals surface area contributed by atoms with Crippen LogP contribution in [0.1, 0.15) is 12.8 Å². The van der Waals surface area contributed by atoms with E-state index in [-0.39, 0.29) is 18.1 Å². The van der Waals surface area contributed by atoms with Gasteiger partial charge in [0.1, 0.15) is 9.84 Å². The molecule has 0 aromatic rings. The fourth-order valence-electron chi connectivity index (χ4n) is 0.859. The van der Waals surface area contributed by atoms with E-state index in [0.29, 0.717) is 6.54 Å². The standard InChI is InChI=1S/C8H18N2O3S/c1-9-5-3-6-10-8(11)4-7-14(2,12)13/h9H,3-7H2,1-2H3,(H,10,11). The fraction of sp³-hybridized carbons (Fsp3) is 0.875. The molecule has 0 saturated carbocycles. The number of hydrogen-bond donors (Lipinski definition) is 2. The molecule has 0 aliphatic rings. The van der Waals surface area contributed by atoms with Gasteiger partial charge in [0.25, 0.3) is 0 Å². The van der Waals surface area contributed by atoms with Crippen molar-refractivity contribution in [3.05, 3.63) is 0 Å². The smallest absolute Gasteiger partial charge is 0.221 e. The van der Waals surface area contributed by atoms with Crippen LogP contribution in [0.2, 0.25) is 0 Å². The van der Waals surface area contributed by atoms with E-state index in [2.05, 4.69) is 10.6 Å². The Labute approximate surface area is 85.2 Å². The molecule has 0 heterocycles. The van der Waals surface area contributed by atoms with Gasteiger partial charge in [-0.1, -0.05) is 0 Å². The number of sulfone groups is 1. The summed E-state index contributed by atoms with van der Waals surface area (Å²) in [5.41, 5.74) is 0. The topological polar surface area (TPSA) is 75.3 Å². The summed E-state index contributed by atoms with van der Waals surface area (Å²) in [6, 6.07) is 0. The van der Waals surface area contributed by atoms with Crippen LogP contribution in [-0.2, 0) is 14.6 Å². The first-order valence-electron chi connectivity index (χ1n) is 4.55. The van der Waals surface area contributed by atoms with Gasteiger partial charge in [0, 0.05) is 19.2 Å². The number of hydrogen-bond acceptors (Lipinski definition) is 4. The van der Waals surface area contributed by atoms with Crippen molar-refractivity contribution >= 4 is 15.7 Å². The second kappa shape index (κ2) is 6.78. The minimum absolute atomic E-state index is 0.0540. The summed E-state index contributed by atoms with van der Waals surface area (Å²) in [6.07, 6.45) is 2.03. The van der Waals surface area contributed by atoms with Gasteiger partial charge >= 0.3 is 0 Å². The maximum absolute atomic E-state index is 11.1. The molecule has 0 spiro atoms. The van der Waals surface area contributed by atoms with Crippen LogP contribution in [-0.4, -0.2) is 46.5 Å². The summed E-state index contributed by atoms with van der Waals surface area (Å²) < 4.78 is 21.4. The van der Waals surface area contributed by atoms with Crippen LogP contribution in [0.15, 0.2) is 0 Å². The van der Waals surface area contributed by atoms with Crippen molar-refractivity contribution in [1.29, 1.82) is 0 Å². The Morgan fingerprint density at radius 2 is 1.93 bits per heavy atom. The molecule has 1 amide bonds. The SMILES string of the molecule is CNCCCNC(=O)CCS(C)(=O)=O. The number of carbonyl (C=O) groups excluding carboxylic acids is 1. The first-order valence-corrected chi connectivity index (χ1v) is 6.61. The number of rotatable bonds is 7. The Morgan fingerprint density at radius 3 is 2.43 bits per heavy atom. The summed E-state index contributed by atoms with van der Waals surface area (Å²) in [6.45, 7) is 1.43. The van der Waals surface area contributed by atoms with Gasteiger partial charge < -0.3 is 10.6 Å². The van der Waals surface area contributed by atoms with Gasteiger partial charge in [-0.2, -0.15) is 0 Å². The molecule has 0 fully saturated rings. The molecule has 0 aromatic carbocycles. The summed E-state index contributed by atoms with van der Waals surface area (Å²) in [7, 11) is -1.19. The first-order chi connectivity index (χ1) is 6.45. The van der Waals surface area contributed by atoms with Gasteiger partial charge in [-0.05, 0) is 20.0 Å². The molecule has 0 rings (SSSR count). The average Bonchev–Trinajstić information content (AvgIpc) is 2.08. The van der Waals surface area contributed by atoms with Gasteiger partial charge in [-0.25, -0.2) is 8.42 Å². The van der Waals surface area contributed by atoms with E-state index in [1.165, 1.54) is 0 Å². The van der Waals surface area contributed by atoms with Crippen molar-refractivity contribution < 1.29 is 13.2 Å². The van der Waals surface area contributed by atoms with E-state index in [1.54, 1.807) is 0 Å². The molecule has 0 saturated heterocycles. The molecular weight excluding hydrogens is 204 g/mol. The van der Waals surface area contributed by atoms with Gasteiger partial charge in [-0.15, -0.1) is 0 Å². The molecule has 0 aliphatic heterocycles. The summed E-state index contributed by atoms with van der Waals surface area (Å²) in [4.78, 5) is 11.1. The quantitative estimate of drug-likeness (QED) is 0.550. The van der Waals surface area contributed by atoms with E-state index < -0.39 is 9.84 Å². The van der Waals surface area contributed by atoms with E-state index in [9.17, 15) is 13.2 Å². The minimum atomic E-state index is -3.03.